The molecular weight excluding hydrogens is 338 g/mol. The molecule has 0 aliphatic heterocycles. The van der Waals surface area contributed by atoms with Crippen molar-refractivity contribution in [2.75, 3.05) is 5.32 Å². The minimum Gasteiger partial charge on any atom is -0.326 e. The van der Waals surface area contributed by atoms with Crippen molar-refractivity contribution in [3.63, 3.8) is 0 Å². The number of hydrogen-bond donors (Lipinski definition) is 1. The van der Waals surface area contributed by atoms with E-state index in [9.17, 15) is 4.79 Å². The van der Waals surface area contributed by atoms with Gasteiger partial charge < -0.3 is 5.32 Å². The number of hydrogen-bond acceptors (Lipinski definition) is 4. The van der Waals surface area contributed by atoms with Crippen LogP contribution in [0.3, 0.4) is 0 Å². The van der Waals surface area contributed by atoms with E-state index in [1.54, 1.807) is 4.52 Å². The van der Waals surface area contributed by atoms with Gasteiger partial charge in [-0.3, -0.25) is 4.79 Å². The van der Waals surface area contributed by atoms with Gasteiger partial charge in [-0.05, 0) is 43.7 Å². The summed E-state index contributed by atoms with van der Waals surface area (Å²) in [7, 11) is 0. The van der Waals surface area contributed by atoms with Crippen molar-refractivity contribution in [1.82, 2.24) is 19.8 Å². The van der Waals surface area contributed by atoms with Crippen molar-refractivity contribution in [1.29, 1.82) is 0 Å². The molecule has 0 aliphatic rings. The molecule has 6 heteroatoms. The van der Waals surface area contributed by atoms with Crippen LogP contribution in [0.15, 0.2) is 60.7 Å². The molecule has 0 unspecified atom stereocenters. The molecule has 0 saturated heterocycles. The third kappa shape index (κ3) is 3.69. The normalized spacial score (nSPS) is 10.9. The molecule has 1 amide bonds. The Hall–Kier alpha value is -3.54. The number of nitrogens with zero attached hydrogens (tertiary/aromatic N) is 4. The third-order valence-electron chi connectivity index (χ3n) is 4.33. The summed E-state index contributed by atoms with van der Waals surface area (Å²) >= 11 is 0. The first-order valence-corrected chi connectivity index (χ1v) is 8.73. The van der Waals surface area contributed by atoms with Crippen LogP contribution in [0.5, 0.6) is 0 Å². The smallest absolute Gasteiger partial charge is 0.228 e. The molecule has 4 aromatic rings. The highest BCUT2D eigenvalue weighted by Crippen LogP contribution is 2.20. The zero-order valence-corrected chi connectivity index (χ0v) is 15.2. The van der Waals surface area contributed by atoms with Crippen molar-refractivity contribution in [3.05, 3.63) is 77.6 Å². The molecule has 0 radical (unpaired) electrons. The van der Waals surface area contributed by atoms with Crippen LogP contribution >= 0.6 is 0 Å². The minimum atomic E-state index is -0.0343. The van der Waals surface area contributed by atoms with Gasteiger partial charge in [0.05, 0.1) is 12.1 Å². The highest BCUT2D eigenvalue weighted by molar-refractivity contribution is 5.92. The molecule has 0 saturated carbocycles. The van der Waals surface area contributed by atoms with Crippen LogP contribution < -0.4 is 5.32 Å². The zero-order valence-electron chi connectivity index (χ0n) is 15.2. The molecule has 1 N–H and O–H groups in total. The second-order valence-corrected chi connectivity index (χ2v) is 6.53. The van der Waals surface area contributed by atoms with Crippen LogP contribution in [0.4, 0.5) is 5.69 Å². The summed E-state index contributed by atoms with van der Waals surface area (Å²) in [6, 6.07) is 19.4. The first kappa shape index (κ1) is 16.9. The van der Waals surface area contributed by atoms with Crippen molar-refractivity contribution in [3.8, 4) is 11.3 Å². The summed E-state index contributed by atoms with van der Waals surface area (Å²) in [6.45, 7) is 3.89. The number of aromatic nitrogens is 4. The Morgan fingerprint density at radius 3 is 2.59 bits per heavy atom. The molecule has 2 heterocycles. The van der Waals surface area contributed by atoms with E-state index >= 15 is 0 Å². The SMILES string of the molecule is Cc1cccc(CC(=O)Nc2ccc(-c3ccc4nnc(C)n4n3)cc2)c1. The lowest BCUT2D eigenvalue weighted by Gasteiger charge is -2.07. The Labute approximate surface area is 156 Å². The van der Waals surface area contributed by atoms with Crippen LogP contribution in [0.1, 0.15) is 17.0 Å². The molecule has 2 aromatic heterocycles. The summed E-state index contributed by atoms with van der Waals surface area (Å²) in [4.78, 5) is 12.3. The van der Waals surface area contributed by atoms with Crippen LogP contribution in [0, 0.1) is 13.8 Å². The highest BCUT2D eigenvalue weighted by Gasteiger charge is 2.07. The van der Waals surface area contributed by atoms with Crippen LogP contribution in [-0.4, -0.2) is 25.7 Å². The maximum atomic E-state index is 12.3. The number of fused-ring (bicyclic) bond motifs is 1. The van der Waals surface area contributed by atoms with Gasteiger partial charge in [-0.2, -0.15) is 9.61 Å². The van der Waals surface area contributed by atoms with Gasteiger partial charge in [-0.15, -0.1) is 10.2 Å². The second kappa shape index (κ2) is 6.99. The monoisotopic (exact) mass is 357 g/mol. The van der Waals surface area contributed by atoms with Gasteiger partial charge >= 0.3 is 0 Å². The lowest BCUT2D eigenvalue weighted by molar-refractivity contribution is -0.115. The quantitative estimate of drug-likeness (QED) is 0.606. The van der Waals surface area contributed by atoms with Gasteiger partial charge in [0.2, 0.25) is 5.91 Å². The number of rotatable bonds is 4. The number of benzene rings is 2. The van der Waals surface area contributed by atoms with Gasteiger partial charge in [-0.1, -0.05) is 42.0 Å². The van der Waals surface area contributed by atoms with Gasteiger partial charge in [0.15, 0.2) is 11.5 Å². The van der Waals surface area contributed by atoms with Gasteiger partial charge in [0.1, 0.15) is 0 Å². The second-order valence-electron chi connectivity index (χ2n) is 6.53. The average Bonchev–Trinajstić information content (AvgIpc) is 3.03. The molecule has 0 spiro atoms. The molecule has 0 fully saturated rings. The fraction of sp³-hybridized carbons (Fsp3) is 0.143. The molecule has 0 bridgehead atoms. The summed E-state index contributed by atoms with van der Waals surface area (Å²) < 4.78 is 1.72. The molecule has 6 nitrogen and oxygen atoms in total. The van der Waals surface area contributed by atoms with Crippen molar-refractivity contribution in [2.24, 2.45) is 0 Å². The fourth-order valence-electron chi connectivity index (χ4n) is 2.99. The maximum absolute atomic E-state index is 12.3. The Bertz CT molecular complexity index is 1120. The molecule has 27 heavy (non-hydrogen) atoms. The molecule has 0 atom stereocenters. The summed E-state index contributed by atoms with van der Waals surface area (Å²) in [5.74, 6) is 0.708. The Balaban J connectivity index is 1.48. The number of anilines is 1. The topological polar surface area (TPSA) is 72.2 Å². The van der Waals surface area contributed by atoms with E-state index in [2.05, 4.69) is 20.6 Å². The van der Waals surface area contributed by atoms with Gasteiger partial charge in [-0.25, -0.2) is 0 Å². The third-order valence-corrected chi connectivity index (χ3v) is 4.33. The van der Waals surface area contributed by atoms with Crippen LogP contribution in [0.25, 0.3) is 16.9 Å². The molecule has 4 rings (SSSR count). The van der Waals surface area contributed by atoms with Gasteiger partial charge in [0, 0.05) is 11.3 Å². The highest BCUT2D eigenvalue weighted by atomic mass is 16.1. The van der Waals surface area contributed by atoms with Crippen LogP contribution in [0.2, 0.25) is 0 Å². The number of amides is 1. The number of carbonyl (C=O) groups excluding carboxylic acids is 1. The Morgan fingerprint density at radius 2 is 1.81 bits per heavy atom. The largest absolute Gasteiger partial charge is 0.326 e. The average molecular weight is 357 g/mol. The fourth-order valence-corrected chi connectivity index (χ4v) is 2.99. The van der Waals surface area contributed by atoms with E-state index in [1.165, 1.54) is 0 Å². The molecular formula is C21H19N5O. The predicted octanol–water partition coefficient (Wildman–Crippen LogP) is 3.59. The van der Waals surface area contributed by atoms with E-state index < -0.39 is 0 Å². The van der Waals surface area contributed by atoms with Crippen molar-refractivity contribution < 1.29 is 4.79 Å². The van der Waals surface area contributed by atoms with E-state index in [0.717, 1.165) is 39.5 Å². The standard InChI is InChI=1S/C21H19N5O/c1-14-4-3-5-16(12-14)13-21(27)22-18-8-6-17(7-9-18)19-10-11-20-24-23-15(2)26(20)25-19/h3-12H,13H2,1-2H3,(H,22,27). The number of aryl methyl sites for hydroxylation is 2. The van der Waals surface area contributed by atoms with Crippen molar-refractivity contribution in [2.45, 2.75) is 20.3 Å². The zero-order chi connectivity index (χ0) is 18.8. The van der Waals surface area contributed by atoms with E-state index in [4.69, 9.17) is 0 Å². The van der Waals surface area contributed by atoms with E-state index in [1.807, 2.05) is 74.5 Å². The summed E-state index contributed by atoms with van der Waals surface area (Å²) in [5.41, 5.74) is 5.42. The Kier molecular flexibility index (Phi) is 4.38. The number of nitrogens with one attached hydrogen (secondary N) is 1. The molecule has 134 valence electrons. The molecule has 0 aliphatic carbocycles. The first-order valence-electron chi connectivity index (χ1n) is 8.73. The lowest BCUT2D eigenvalue weighted by atomic mass is 10.1. The van der Waals surface area contributed by atoms with E-state index in [0.29, 0.717) is 6.42 Å². The first-order chi connectivity index (χ1) is 13.1. The van der Waals surface area contributed by atoms with Gasteiger partial charge in [0.25, 0.3) is 0 Å². The molecule has 2 aromatic carbocycles. The number of carbonyl (C=O) groups is 1. The predicted molar refractivity (Wildman–Crippen MR) is 104 cm³/mol. The minimum absolute atomic E-state index is 0.0343. The lowest BCUT2D eigenvalue weighted by Crippen LogP contribution is -2.14. The van der Waals surface area contributed by atoms with Crippen molar-refractivity contribution >= 4 is 17.2 Å². The maximum Gasteiger partial charge on any atom is 0.228 e. The summed E-state index contributed by atoms with van der Waals surface area (Å²) in [6.07, 6.45) is 0.356. The van der Waals surface area contributed by atoms with Crippen LogP contribution in [-0.2, 0) is 11.2 Å². The summed E-state index contributed by atoms with van der Waals surface area (Å²) in [5, 5.41) is 15.6. The van der Waals surface area contributed by atoms with E-state index in [-0.39, 0.29) is 5.91 Å². The Morgan fingerprint density at radius 1 is 1.00 bits per heavy atom.